The molecule has 1 amide bonds. The summed E-state index contributed by atoms with van der Waals surface area (Å²) < 4.78 is 5.94. The quantitative estimate of drug-likeness (QED) is 0.923. The molecule has 4 nitrogen and oxygen atoms in total. The van der Waals surface area contributed by atoms with E-state index in [1.165, 1.54) is 0 Å². The van der Waals surface area contributed by atoms with Crippen LogP contribution in [-0.2, 0) is 0 Å². The number of hydrogen-bond donors (Lipinski definition) is 1. The van der Waals surface area contributed by atoms with Crippen molar-refractivity contribution in [2.75, 3.05) is 20.1 Å². The lowest BCUT2D eigenvalue weighted by molar-refractivity contribution is 0.0713. The van der Waals surface area contributed by atoms with Crippen LogP contribution in [0.15, 0.2) is 16.5 Å². The number of aryl methyl sites for hydroxylation is 3. The summed E-state index contributed by atoms with van der Waals surface area (Å²) in [7, 11) is 1.87. The minimum atomic E-state index is -0.0174. The Kier molecular flexibility index (Phi) is 3.49. The first kappa shape index (κ1) is 14.1. The van der Waals surface area contributed by atoms with E-state index in [4.69, 9.17) is 4.42 Å². The molecule has 1 aliphatic heterocycles. The summed E-state index contributed by atoms with van der Waals surface area (Å²) in [6.07, 6.45) is 1.000. The molecule has 1 unspecified atom stereocenters. The van der Waals surface area contributed by atoms with Crippen LogP contribution in [0.3, 0.4) is 0 Å². The molecule has 0 radical (unpaired) electrons. The number of nitrogens with zero attached hydrogens (tertiary/aromatic N) is 1. The second kappa shape index (κ2) is 5.19. The lowest BCUT2D eigenvalue weighted by Gasteiger charge is -2.22. The molecule has 1 N–H and O–H groups in total. The van der Waals surface area contributed by atoms with Gasteiger partial charge in [-0.1, -0.05) is 12.1 Å². The third-order valence-electron chi connectivity index (χ3n) is 4.58. The van der Waals surface area contributed by atoms with Gasteiger partial charge in [0, 0.05) is 30.6 Å². The predicted octanol–water partition coefficient (Wildman–Crippen LogP) is 2.79. The van der Waals surface area contributed by atoms with Crippen molar-refractivity contribution in [2.45, 2.75) is 33.2 Å². The number of rotatable bonds is 2. The molecule has 112 valence electrons. The van der Waals surface area contributed by atoms with Gasteiger partial charge >= 0.3 is 0 Å². The highest BCUT2D eigenvalue weighted by Crippen LogP contribution is 2.31. The fourth-order valence-electron chi connectivity index (χ4n) is 3.18. The second-order valence-corrected chi connectivity index (χ2v) is 6.02. The maximum Gasteiger partial charge on any atom is 0.289 e. The largest absolute Gasteiger partial charge is 0.450 e. The summed E-state index contributed by atoms with van der Waals surface area (Å²) in [5.41, 5.74) is 4.02. The van der Waals surface area contributed by atoms with Gasteiger partial charge < -0.3 is 14.6 Å². The summed E-state index contributed by atoms with van der Waals surface area (Å²) in [4.78, 5) is 14.6. The van der Waals surface area contributed by atoms with Crippen LogP contribution in [0.1, 0.15) is 33.7 Å². The zero-order valence-corrected chi connectivity index (χ0v) is 13.1. The predicted molar refractivity (Wildman–Crippen MR) is 83.8 cm³/mol. The van der Waals surface area contributed by atoms with Gasteiger partial charge in [0.1, 0.15) is 5.58 Å². The molecule has 1 atom stereocenters. The molecule has 3 rings (SSSR count). The first-order valence-electron chi connectivity index (χ1n) is 7.48. The Labute approximate surface area is 125 Å². The van der Waals surface area contributed by atoms with Crippen molar-refractivity contribution >= 4 is 16.9 Å². The minimum Gasteiger partial charge on any atom is -0.450 e. The molecule has 1 aromatic carbocycles. The molecule has 4 heteroatoms. The number of carbonyl (C=O) groups excluding carboxylic acids is 1. The van der Waals surface area contributed by atoms with Gasteiger partial charge in [0.2, 0.25) is 0 Å². The first-order chi connectivity index (χ1) is 10.0. The second-order valence-electron chi connectivity index (χ2n) is 6.02. The van der Waals surface area contributed by atoms with Crippen LogP contribution in [0.2, 0.25) is 0 Å². The standard InChI is InChI=1S/C17H22N2O2/c1-10-5-6-11(2)15-14(10)12(3)16(21-15)17(20)19(4)13-7-8-18-9-13/h5-6,13,18H,7-9H2,1-4H3. The summed E-state index contributed by atoms with van der Waals surface area (Å²) in [6.45, 7) is 7.89. The Morgan fingerprint density at radius 1 is 1.29 bits per heavy atom. The third-order valence-corrected chi connectivity index (χ3v) is 4.58. The average molecular weight is 286 g/mol. The van der Waals surface area contributed by atoms with E-state index in [9.17, 15) is 4.79 Å². The van der Waals surface area contributed by atoms with Crippen molar-refractivity contribution in [3.05, 3.63) is 34.6 Å². The van der Waals surface area contributed by atoms with Gasteiger partial charge in [-0.3, -0.25) is 4.79 Å². The molecule has 1 fully saturated rings. The zero-order chi connectivity index (χ0) is 15.1. The van der Waals surface area contributed by atoms with Crippen molar-refractivity contribution in [2.24, 2.45) is 0 Å². The molecule has 0 bridgehead atoms. The van der Waals surface area contributed by atoms with Crippen molar-refractivity contribution in [1.29, 1.82) is 0 Å². The first-order valence-corrected chi connectivity index (χ1v) is 7.48. The molecular formula is C17H22N2O2. The minimum absolute atomic E-state index is 0.0174. The Bertz CT molecular complexity index is 696. The van der Waals surface area contributed by atoms with Crippen molar-refractivity contribution < 1.29 is 9.21 Å². The summed E-state index contributed by atoms with van der Waals surface area (Å²) >= 11 is 0. The molecule has 21 heavy (non-hydrogen) atoms. The van der Waals surface area contributed by atoms with Gasteiger partial charge in [-0.25, -0.2) is 0 Å². The van der Waals surface area contributed by atoms with E-state index in [-0.39, 0.29) is 11.9 Å². The number of amides is 1. The van der Waals surface area contributed by atoms with Crippen molar-refractivity contribution in [1.82, 2.24) is 10.2 Å². The van der Waals surface area contributed by atoms with Crippen LogP contribution in [0.25, 0.3) is 11.0 Å². The fraction of sp³-hybridized carbons (Fsp3) is 0.471. The van der Waals surface area contributed by atoms with Gasteiger partial charge in [-0.15, -0.1) is 0 Å². The normalized spacial score (nSPS) is 18.4. The fourth-order valence-corrected chi connectivity index (χ4v) is 3.18. The Balaban J connectivity index is 2.04. The number of nitrogens with one attached hydrogen (secondary N) is 1. The summed E-state index contributed by atoms with van der Waals surface area (Å²) in [6, 6.07) is 4.38. The maximum absolute atomic E-state index is 12.7. The zero-order valence-electron chi connectivity index (χ0n) is 13.1. The van der Waals surface area contributed by atoms with Crippen LogP contribution in [0.4, 0.5) is 0 Å². The number of furan rings is 1. The highest BCUT2D eigenvalue weighted by Gasteiger charge is 2.28. The van der Waals surface area contributed by atoms with Crippen molar-refractivity contribution in [3.63, 3.8) is 0 Å². The van der Waals surface area contributed by atoms with Crippen molar-refractivity contribution in [3.8, 4) is 0 Å². The van der Waals surface area contributed by atoms with Gasteiger partial charge in [0.15, 0.2) is 5.76 Å². The lowest BCUT2D eigenvalue weighted by atomic mass is 10.0. The van der Waals surface area contributed by atoms with Crippen LogP contribution in [-0.4, -0.2) is 37.0 Å². The van der Waals surface area contributed by atoms with E-state index >= 15 is 0 Å². The van der Waals surface area contributed by atoms with E-state index in [2.05, 4.69) is 18.3 Å². The van der Waals surface area contributed by atoms with Crippen LogP contribution < -0.4 is 5.32 Å². The molecule has 1 saturated heterocycles. The highest BCUT2D eigenvalue weighted by atomic mass is 16.3. The molecule has 2 aromatic rings. The van der Waals surface area contributed by atoms with Crippen LogP contribution >= 0.6 is 0 Å². The highest BCUT2D eigenvalue weighted by molar-refractivity contribution is 6.00. The van der Waals surface area contributed by atoms with Crippen LogP contribution in [0.5, 0.6) is 0 Å². The maximum atomic E-state index is 12.7. The number of benzene rings is 1. The van der Waals surface area contributed by atoms with Crippen LogP contribution in [0, 0.1) is 20.8 Å². The Morgan fingerprint density at radius 2 is 2.00 bits per heavy atom. The van der Waals surface area contributed by atoms with Gasteiger partial charge in [0.05, 0.1) is 0 Å². The molecule has 0 spiro atoms. The van der Waals surface area contributed by atoms with E-state index in [0.717, 1.165) is 47.2 Å². The van der Waals surface area contributed by atoms with E-state index in [0.29, 0.717) is 5.76 Å². The van der Waals surface area contributed by atoms with E-state index in [1.807, 2.05) is 31.9 Å². The smallest absolute Gasteiger partial charge is 0.289 e. The molecule has 0 aliphatic carbocycles. The molecule has 2 heterocycles. The molecule has 1 aromatic heterocycles. The summed E-state index contributed by atoms with van der Waals surface area (Å²) in [5.74, 6) is 0.466. The summed E-state index contributed by atoms with van der Waals surface area (Å²) in [5, 5.41) is 4.37. The van der Waals surface area contributed by atoms with E-state index < -0.39 is 0 Å². The topological polar surface area (TPSA) is 45.5 Å². The average Bonchev–Trinajstić information content (AvgIpc) is 3.10. The monoisotopic (exact) mass is 286 g/mol. The Hall–Kier alpha value is -1.81. The molecule has 0 saturated carbocycles. The van der Waals surface area contributed by atoms with E-state index in [1.54, 1.807) is 0 Å². The Morgan fingerprint density at radius 3 is 2.62 bits per heavy atom. The SMILES string of the molecule is Cc1ccc(C)c2c(C)c(C(=O)N(C)C3CCNC3)oc12. The number of hydrogen-bond acceptors (Lipinski definition) is 3. The number of carbonyl (C=O) groups is 1. The van der Waals surface area contributed by atoms with Gasteiger partial charge in [0.25, 0.3) is 5.91 Å². The van der Waals surface area contributed by atoms with Gasteiger partial charge in [-0.2, -0.15) is 0 Å². The van der Waals surface area contributed by atoms with Gasteiger partial charge in [-0.05, 0) is 44.9 Å². The molecular weight excluding hydrogens is 264 g/mol. The molecule has 1 aliphatic rings. The number of fused-ring (bicyclic) bond motifs is 1. The lowest BCUT2D eigenvalue weighted by Crippen LogP contribution is -2.38. The third kappa shape index (κ3) is 2.23. The number of likely N-dealkylation sites (N-methyl/N-ethyl adjacent to an activating group) is 1.